The van der Waals surface area contributed by atoms with E-state index >= 15 is 0 Å². The first-order chi connectivity index (χ1) is 10.1. The molecular formula is C17H18BrN3. The Balaban J connectivity index is 2.09. The molecule has 4 heteroatoms. The maximum absolute atomic E-state index is 8.22. The third-order valence-corrected chi connectivity index (χ3v) is 4.64. The number of fused-ring (bicyclic) bond motifs is 3. The lowest BCUT2D eigenvalue weighted by molar-refractivity contribution is 0.810. The van der Waals surface area contributed by atoms with Gasteiger partial charge in [-0.05, 0) is 28.5 Å². The minimum atomic E-state index is 0.406. The molecule has 1 heterocycles. The van der Waals surface area contributed by atoms with Crippen LogP contribution in [0.5, 0.6) is 0 Å². The largest absolute Gasteiger partial charge is 0.353 e. The summed E-state index contributed by atoms with van der Waals surface area (Å²) in [5.41, 5.74) is 2.47. The van der Waals surface area contributed by atoms with Crippen molar-refractivity contribution in [1.29, 1.82) is 5.41 Å². The van der Waals surface area contributed by atoms with E-state index in [1.165, 1.54) is 16.3 Å². The molecule has 108 valence electrons. The summed E-state index contributed by atoms with van der Waals surface area (Å²) in [6.45, 7) is 7.35. The lowest BCUT2D eigenvalue weighted by Crippen LogP contribution is -2.39. The predicted molar refractivity (Wildman–Crippen MR) is 93.3 cm³/mol. The quantitative estimate of drug-likeness (QED) is 0.486. The van der Waals surface area contributed by atoms with Crippen LogP contribution in [0.15, 0.2) is 47.5 Å². The third-order valence-electron chi connectivity index (χ3n) is 3.95. The summed E-state index contributed by atoms with van der Waals surface area (Å²) in [6, 6.07) is 10.6. The van der Waals surface area contributed by atoms with E-state index < -0.39 is 0 Å². The molecule has 0 amide bonds. The lowest BCUT2D eigenvalue weighted by atomic mass is 9.96. The van der Waals surface area contributed by atoms with E-state index in [9.17, 15) is 0 Å². The van der Waals surface area contributed by atoms with Crippen LogP contribution in [0.3, 0.4) is 0 Å². The van der Waals surface area contributed by atoms with Crippen LogP contribution in [-0.4, -0.2) is 19.0 Å². The number of anilines is 1. The van der Waals surface area contributed by atoms with Gasteiger partial charge in [0.05, 0.1) is 0 Å². The first-order valence-electron chi connectivity index (χ1n) is 7.05. The summed E-state index contributed by atoms with van der Waals surface area (Å²) in [5.74, 6) is 0.846. The number of hydrogen-bond donors (Lipinski definition) is 2. The van der Waals surface area contributed by atoms with Gasteiger partial charge in [0.1, 0.15) is 0 Å². The van der Waals surface area contributed by atoms with Gasteiger partial charge in [-0.25, -0.2) is 0 Å². The van der Waals surface area contributed by atoms with E-state index in [4.69, 9.17) is 5.41 Å². The van der Waals surface area contributed by atoms with E-state index in [0.717, 1.165) is 16.7 Å². The number of benzene rings is 2. The van der Waals surface area contributed by atoms with Gasteiger partial charge >= 0.3 is 0 Å². The molecule has 1 aliphatic rings. The molecule has 0 aliphatic carbocycles. The van der Waals surface area contributed by atoms with Crippen molar-refractivity contribution in [2.45, 2.75) is 12.8 Å². The van der Waals surface area contributed by atoms with Gasteiger partial charge in [0.25, 0.3) is 0 Å². The van der Waals surface area contributed by atoms with E-state index in [-0.39, 0.29) is 0 Å². The molecule has 2 N–H and O–H groups in total. The minimum Gasteiger partial charge on any atom is -0.353 e. The summed E-state index contributed by atoms with van der Waals surface area (Å²) in [5, 5.41) is 13.8. The normalized spacial score (nSPS) is 16.9. The van der Waals surface area contributed by atoms with Gasteiger partial charge < -0.3 is 10.2 Å². The van der Waals surface area contributed by atoms with Gasteiger partial charge in [-0.1, -0.05) is 47.1 Å². The Morgan fingerprint density at radius 2 is 2.24 bits per heavy atom. The van der Waals surface area contributed by atoms with Crippen molar-refractivity contribution in [3.05, 3.63) is 53.0 Å². The highest BCUT2D eigenvalue weighted by Crippen LogP contribution is 2.42. The molecule has 1 unspecified atom stereocenters. The maximum Gasteiger partial charge on any atom is 0.195 e. The zero-order valence-electron chi connectivity index (χ0n) is 12.0. The van der Waals surface area contributed by atoms with Crippen LogP contribution < -0.4 is 10.2 Å². The predicted octanol–water partition coefficient (Wildman–Crippen LogP) is 4.24. The van der Waals surface area contributed by atoms with Crippen LogP contribution in [0.4, 0.5) is 5.69 Å². The summed E-state index contributed by atoms with van der Waals surface area (Å²) in [7, 11) is 0. The fourth-order valence-corrected chi connectivity index (χ4v) is 3.52. The highest BCUT2D eigenvalue weighted by Gasteiger charge is 2.29. The molecule has 0 bridgehead atoms. The molecule has 2 aromatic carbocycles. The molecule has 0 spiro atoms. The van der Waals surface area contributed by atoms with Crippen molar-refractivity contribution in [2.24, 2.45) is 0 Å². The monoisotopic (exact) mass is 343 g/mol. The van der Waals surface area contributed by atoms with Crippen molar-refractivity contribution < 1.29 is 0 Å². The second-order valence-electron chi connectivity index (χ2n) is 5.36. The van der Waals surface area contributed by atoms with Crippen molar-refractivity contribution in [1.82, 2.24) is 5.32 Å². The number of rotatable bonds is 2. The molecule has 1 aliphatic heterocycles. The molecule has 1 atom stereocenters. The van der Waals surface area contributed by atoms with Crippen molar-refractivity contribution in [3.8, 4) is 0 Å². The molecular weight excluding hydrogens is 326 g/mol. The lowest BCUT2D eigenvalue weighted by Gasteiger charge is -2.21. The number of hydrogen-bond acceptors (Lipinski definition) is 1. The number of halogens is 1. The summed E-state index contributed by atoms with van der Waals surface area (Å²) in [6.07, 6.45) is 1.77. The van der Waals surface area contributed by atoms with Crippen molar-refractivity contribution >= 4 is 38.3 Å². The molecule has 3 nitrogen and oxygen atoms in total. The third kappa shape index (κ3) is 2.33. The van der Waals surface area contributed by atoms with Gasteiger partial charge in [0.2, 0.25) is 0 Å². The van der Waals surface area contributed by atoms with Crippen LogP contribution in [0.25, 0.3) is 10.8 Å². The van der Waals surface area contributed by atoms with Gasteiger partial charge in [-0.2, -0.15) is 0 Å². The van der Waals surface area contributed by atoms with E-state index in [1.54, 1.807) is 6.08 Å². The Kier molecular flexibility index (Phi) is 3.72. The van der Waals surface area contributed by atoms with Crippen LogP contribution in [0.2, 0.25) is 0 Å². The minimum absolute atomic E-state index is 0.406. The van der Waals surface area contributed by atoms with E-state index in [0.29, 0.717) is 18.4 Å². The molecule has 0 radical (unpaired) electrons. The molecule has 0 aromatic heterocycles. The highest BCUT2D eigenvalue weighted by atomic mass is 79.9. The average Bonchev–Trinajstić information content (AvgIpc) is 2.83. The molecule has 0 saturated heterocycles. The molecule has 3 rings (SSSR count). The summed E-state index contributed by atoms with van der Waals surface area (Å²) in [4.78, 5) is 2.05. The Bertz CT molecular complexity index is 723. The fraction of sp³-hybridized carbons (Fsp3) is 0.235. The number of nitrogens with one attached hydrogen (secondary N) is 2. The Morgan fingerprint density at radius 1 is 1.43 bits per heavy atom. The van der Waals surface area contributed by atoms with Crippen molar-refractivity contribution in [3.63, 3.8) is 0 Å². The molecule has 2 aromatic rings. The van der Waals surface area contributed by atoms with E-state index in [1.807, 2.05) is 4.90 Å². The smallest absolute Gasteiger partial charge is 0.195 e. The number of nitrogens with zero attached hydrogens (tertiary/aromatic N) is 1. The van der Waals surface area contributed by atoms with Crippen LogP contribution >= 0.6 is 15.9 Å². The highest BCUT2D eigenvalue weighted by molar-refractivity contribution is 9.10. The SMILES string of the molecule is C=CCNC(=N)N1CC(C)c2c1ccc1c(Br)cccc21. The van der Waals surface area contributed by atoms with Gasteiger partial charge in [-0.15, -0.1) is 6.58 Å². The van der Waals surface area contributed by atoms with Gasteiger partial charge in [0.15, 0.2) is 5.96 Å². The fourth-order valence-electron chi connectivity index (χ4n) is 3.02. The number of guanidine groups is 1. The zero-order valence-corrected chi connectivity index (χ0v) is 13.6. The summed E-state index contributed by atoms with van der Waals surface area (Å²) >= 11 is 3.62. The standard InChI is InChI=1S/C17H18BrN3/c1-3-9-20-17(19)21-10-11(2)16-13-5-4-6-14(18)12(13)7-8-15(16)21/h3-8,11H,1,9-10H2,2H3,(H2,19,20). The topological polar surface area (TPSA) is 39.1 Å². The molecule has 0 fully saturated rings. The van der Waals surface area contributed by atoms with Crippen LogP contribution in [0, 0.1) is 5.41 Å². The molecule has 0 saturated carbocycles. The first-order valence-corrected chi connectivity index (χ1v) is 7.84. The zero-order chi connectivity index (χ0) is 15.0. The second-order valence-corrected chi connectivity index (χ2v) is 6.22. The van der Waals surface area contributed by atoms with Crippen LogP contribution in [0.1, 0.15) is 18.4 Å². The van der Waals surface area contributed by atoms with Crippen molar-refractivity contribution in [2.75, 3.05) is 18.0 Å². The second kappa shape index (κ2) is 5.53. The molecule has 21 heavy (non-hydrogen) atoms. The van der Waals surface area contributed by atoms with Crippen LogP contribution in [-0.2, 0) is 0 Å². The Labute approximate surface area is 133 Å². The Morgan fingerprint density at radius 3 is 3.00 bits per heavy atom. The van der Waals surface area contributed by atoms with E-state index in [2.05, 4.69) is 65.1 Å². The Hall–Kier alpha value is -1.81. The average molecular weight is 344 g/mol. The first kappa shape index (κ1) is 14.1. The summed E-state index contributed by atoms with van der Waals surface area (Å²) < 4.78 is 1.12. The van der Waals surface area contributed by atoms with Gasteiger partial charge in [0, 0.05) is 29.2 Å². The van der Waals surface area contributed by atoms with Gasteiger partial charge in [-0.3, -0.25) is 5.41 Å². The maximum atomic E-state index is 8.22.